The van der Waals surface area contributed by atoms with Crippen molar-refractivity contribution in [3.63, 3.8) is 0 Å². The van der Waals surface area contributed by atoms with Gasteiger partial charge in [-0.3, -0.25) is 0 Å². The molecule has 0 bridgehead atoms. The van der Waals surface area contributed by atoms with E-state index in [4.69, 9.17) is 16.3 Å². The predicted octanol–water partition coefficient (Wildman–Crippen LogP) is 1.38. The van der Waals surface area contributed by atoms with Crippen molar-refractivity contribution in [3.05, 3.63) is 21.4 Å². The normalized spacial score (nSPS) is 17.2. The number of nitrogens with zero attached hydrogens (tertiary/aromatic N) is 2. The van der Waals surface area contributed by atoms with Crippen LogP contribution < -0.4 is 4.90 Å². The fourth-order valence-electron chi connectivity index (χ4n) is 2.38. The fourth-order valence-corrected chi connectivity index (χ4v) is 3.81. The highest BCUT2D eigenvalue weighted by atomic mass is 35.5. The molecule has 0 atom stereocenters. The van der Waals surface area contributed by atoms with E-state index >= 15 is 0 Å². The van der Waals surface area contributed by atoms with Crippen LogP contribution in [0.15, 0.2) is 0 Å². The monoisotopic (exact) mass is 298 g/mol. The van der Waals surface area contributed by atoms with Crippen molar-refractivity contribution in [1.82, 2.24) is 9.97 Å². The number of fused-ring (bicyclic) bond motifs is 1. The second-order valence-corrected chi connectivity index (χ2v) is 6.49. The Morgan fingerprint density at radius 2 is 2.00 bits per heavy atom. The minimum absolute atomic E-state index is 0.592. The largest absolute Gasteiger partial charge is 0.370 e. The van der Waals surface area contributed by atoms with Crippen LogP contribution in [0.5, 0.6) is 0 Å². The molecule has 2 aromatic rings. The van der Waals surface area contributed by atoms with Crippen molar-refractivity contribution in [2.45, 2.75) is 20.4 Å². The molecule has 0 aromatic carbocycles. The summed E-state index contributed by atoms with van der Waals surface area (Å²) in [5.41, 5.74) is 1.20. The summed E-state index contributed by atoms with van der Waals surface area (Å²) in [5, 5.41) is 1.61. The van der Waals surface area contributed by atoms with Gasteiger partial charge in [0.25, 0.3) is 0 Å². The van der Waals surface area contributed by atoms with Crippen LogP contribution in [0.1, 0.15) is 16.3 Å². The van der Waals surface area contributed by atoms with E-state index in [2.05, 4.69) is 23.8 Å². The summed E-state index contributed by atoms with van der Waals surface area (Å²) in [4.78, 5) is 12.9. The molecule has 0 spiro atoms. The minimum atomic E-state index is 0.592. The Kier molecular flexibility index (Phi) is 3.71. The fraction of sp³-hybridized carbons (Fsp3) is 0.538. The first-order valence-electron chi connectivity index (χ1n) is 6.48. The van der Waals surface area contributed by atoms with E-state index in [-0.39, 0.29) is 0 Å². The van der Waals surface area contributed by atoms with Gasteiger partial charge in [-0.25, -0.2) is 9.97 Å². The molecule has 3 heterocycles. The number of halogens is 1. The molecular formula is C13H17ClN3OS+. The van der Waals surface area contributed by atoms with E-state index in [1.54, 1.807) is 11.3 Å². The molecule has 1 fully saturated rings. The molecule has 102 valence electrons. The summed E-state index contributed by atoms with van der Waals surface area (Å²) < 4.78 is 5.36. The summed E-state index contributed by atoms with van der Waals surface area (Å²) in [5.74, 6) is 0.843. The van der Waals surface area contributed by atoms with Crippen LogP contribution in [0.3, 0.4) is 0 Å². The molecule has 0 saturated carbocycles. The third-order valence-electron chi connectivity index (χ3n) is 3.64. The third-order valence-corrected chi connectivity index (χ3v) is 5.01. The first kappa shape index (κ1) is 13.2. The Morgan fingerprint density at radius 3 is 2.74 bits per heavy atom. The van der Waals surface area contributed by atoms with Crippen molar-refractivity contribution >= 4 is 33.2 Å². The van der Waals surface area contributed by atoms with Gasteiger partial charge in [-0.1, -0.05) is 11.6 Å². The summed E-state index contributed by atoms with van der Waals surface area (Å²) in [6, 6.07) is 0. The molecule has 1 saturated heterocycles. The molecule has 1 aliphatic heterocycles. The van der Waals surface area contributed by atoms with Crippen molar-refractivity contribution in [2.24, 2.45) is 0 Å². The predicted molar refractivity (Wildman–Crippen MR) is 77.1 cm³/mol. The number of rotatable bonds is 2. The van der Waals surface area contributed by atoms with Crippen LogP contribution >= 0.6 is 22.9 Å². The third kappa shape index (κ3) is 2.60. The van der Waals surface area contributed by atoms with E-state index in [1.165, 1.54) is 15.3 Å². The van der Waals surface area contributed by atoms with Crippen LogP contribution in [0, 0.1) is 13.8 Å². The summed E-state index contributed by atoms with van der Waals surface area (Å²) in [6.07, 6.45) is 0. The Morgan fingerprint density at radius 1 is 1.26 bits per heavy atom. The number of ether oxygens (including phenoxy) is 1. The van der Waals surface area contributed by atoms with Gasteiger partial charge in [0.1, 0.15) is 29.6 Å². The van der Waals surface area contributed by atoms with Gasteiger partial charge in [0.15, 0.2) is 5.82 Å². The summed E-state index contributed by atoms with van der Waals surface area (Å²) in [7, 11) is 0. The van der Waals surface area contributed by atoms with Gasteiger partial charge in [0.05, 0.1) is 18.6 Å². The van der Waals surface area contributed by atoms with Gasteiger partial charge in [-0.05, 0) is 19.4 Å². The van der Waals surface area contributed by atoms with Crippen LogP contribution in [-0.4, -0.2) is 36.3 Å². The molecule has 0 unspecified atom stereocenters. The molecule has 0 radical (unpaired) electrons. The van der Waals surface area contributed by atoms with Crippen molar-refractivity contribution < 1.29 is 9.64 Å². The molecule has 6 heteroatoms. The van der Waals surface area contributed by atoms with E-state index in [9.17, 15) is 0 Å². The number of hydrogen-bond acceptors (Lipinski definition) is 4. The lowest BCUT2D eigenvalue weighted by atomic mass is 10.2. The zero-order valence-electron chi connectivity index (χ0n) is 11.1. The van der Waals surface area contributed by atoms with Gasteiger partial charge < -0.3 is 9.64 Å². The number of hydrogen-bond donors (Lipinski definition) is 1. The molecule has 1 N–H and O–H groups in total. The number of quaternary nitrogens is 1. The van der Waals surface area contributed by atoms with Crippen LogP contribution in [0.2, 0.25) is 5.15 Å². The highest BCUT2D eigenvalue weighted by molar-refractivity contribution is 7.18. The maximum atomic E-state index is 6.32. The Hall–Kier alpha value is -0.750. The van der Waals surface area contributed by atoms with Crippen LogP contribution in [0.4, 0.5) is 0 Å². The average molecular weight is 299 g/mol. The Labute approximate surface area is 121 Å². The molecule has 3 rings (SSSR count). The highest BCUT2D eigenvalue weighted by Gasteiger charge is 2.18. The maximum Gasteiger partial charge on any atom is 0.186 e. The molecule has 0 amide bonds. The number of aryl methyl sites for hydroxylation is 2. The second-order valence-electron chi connectivity index (χ2n) is 4.93. The second kappa shape index (κ2) is 5.32. The molecule has 19 heavy (non-hydrogen) atoms. The highest BCUT2D eigenvalue weighted by Crippen LogP contribution is 2.32. The van der Waals surface area contributed by atoms with Crippen LogP contribution in [-0.2, 0) is 11.3 Å². The zero-order valence-corrected chi connectivity index (χ0v) is 12.7. The van der Waals surface area contributed by atoms with Crippen LogP contribution in [0.25, 0.3) is 10.2 Å². The average Bonchev–Trinajstić information content (AvgIpc) is 2.66. The smallest absolute Gasteiger partial charge is 0.186 e. The van der Waals surface area contributed by atoms with Gasteiger partial charge in [0.2, 0.25) is 0 Å². The number of morpholine rings is 1. The summed E-state index contributed by atoms with van der Waals surface area (Å²) >= 11 is 8.02. The van der Waals surface area contributed by atoms with Gasteiger partial charge >= 0.3 is 0 Å². The molecule has 4 nitrogen and oxygen atoms in total. The first-order chi connectivity index (χ1) is 9.15. The first-order valence-corrected chi connectivity index (χ1v) is 7.68. The standard InChI is InChI=1S/C13H16ClN3OS/c1-8-9(2)19-13-11(8)12(14)15-10(16-13)7-17-3-5-18-6-4-17/h3-7H2,1-2H3/p+1. The van der Waals surface area contributed by atoms with Gasteiger partial charge in [-0.15, -0.1) is 11.3 Å². The quantitative estimate of drug-likeness (QED) is 0.852. The Bertz CT molecular complexity index is 607. The lowest BCUT2D eigenvalue weighted by Gasteiger charge is -2.22. The zero-order chi connectivity index (χ0) is 13.4. The van der Waals surface area contributed by atoms with E-state index < -0.39 is 0 Å². The van der Waals surface area contributed by atoms with E-state index in [0.717, 1.165) is 48.9 Å². The molecule has 0 aliphatic carbocycles. The molecular weight excluding hydrogens is 282 g/mol. The lowest BCUT2D eigenvalue weighted by molar-refractivity contribution is -0.922. The topological polar surface area (TPSA) is 39.5 Å². The summed E-state index contributed by atoms with van der Waals surface area (Å²) in [6.45, 7) is 8.68. The maximum absolute atomic E-state index is 6.32. The van der Waals surface area contributed by atoms with Gasteiger partial charge in [-0.2, -0.15) is 0 Å². The van der Waals surface area contributed by atoms with E-state index in [0.29, 0.717) is 5.15 Å². The Balaban J connectivity index is 1.92. The van der Waals surface area contributed by atoms with E-state index in [1.807, 2.05) is 0 Å². The minimum Gasteiger partial charge on any atom is -0.370 e. The number of thiophene rings is 1. The van der Waals surface area contributed by atoms with Gasteiger partial charge in [0, 0.05) is 4.88 Å². The SMILES string of the molecule is Cc1sc2nc(C[NH+]3CCOCC3)nc(Cl)c2c1C. The van der Waals surface area contributed by atoms with Crippen molar-refractivity contribution in [1.29, 1.82) is 0 Å². The van der Waals surface area contributed by atoms with Crippen molar-refractivity contribution in [3.8, 4) is 0 Å². The molecule has 1 aliphatic rings. The number of nitrogens with one attached hydrogen (secondary N) is 1. The molecule has 2 aromatic heterocycles. The van der Waals surface area contributed by atoms with Crippen molar-refractivity contribution in [2.75, 3.05) is 26.3 Å². The lowest BCUT2D eigenvalue weighted by Crippen LogP contribution is -3.12. The number of aromatic nitrogens is 2.